The van der Waals surface area contributed by atoms with Crippen molar-refractivity contribution in [3.05, 3.63) is 90.0 Å². The lowest BCUT2D eigenvalue weighted by Crippen LogP contribution is -2.37. The minimum absolute atomic E-state index is 0.265. The Hall–Kier alpha value is -3.64. The highest BCUT2D eigenvalue weighted by Crippen LogP contribution is 2.49. The quantitative estimate of drug-likeness (QED) is 0.603. The lowest BCUT2D eigenvalue weighted by atomic mass is 9.90. The van der Waals surface area contributed by atoms with Crippen molar-refractivity contribution in [2.45, 2.75) is 19.1 Å². The van der Waals surface area contributed by atoms with Crippen LogP contribution in [0.15, 0.2) is 78.9 Å². The van der Waals surface area contributed by atoms with Crippen LogP contribution in [0, 0.1) is 12.8 Å². The number of para-hydroxylation sites is 3. The van der Waals surface area contributed by atoms with E-state index in [1.807, 2.05) is 79.7 Å². The van der Waals surface area contributed by atoms with E-state index in [0.29, 0.717) is 11.4 Å². The number of hydrogen-bond acceptors (Lipinski definition) is 5. The first-order chi connectivity index (χ1) is 15.1. The fourth-order valence-corrected chi connectivity index (χ4v) is 4.49. The number of benzene rings is 3. The number of hydroxylamine groups is 1. The highest BCUT2D eigenvalue weighted by atomic mass is 16.7. The molecule has 156 valence electrons. The van der Waals surface area contributed by atoms with Gasteiger partial charge in [-0.2, -0.15) is 0 Å². The number of imide groups is 1. The average Bonchev–Trinajstić information content (AvgIpc) is 3.31. The molecule has 2 fully saturated rings. The van der Waals surface area contributed by atoms with Gasteiger partial charge in [0.2, 0.25) is 5.91 Å². The van der Waals surface area contributed by atoms with Crippen LogP contribution in [-0.2, 0) is 14.4 Å². The Morgan fingerprint density at radius 3 is 2.26 bits per heavy atom. The molecular weight excluding hydrogens is 392 g/mol. The van der Waals surface area contributed by atoms with E-state index in [9.17, 15) is 9.59 Å². The molecule has 5 rings (SSSR count). The zero-order valence-corrected chi connectivity index (χ0v) is 17.3. The summed E-state index contributed by atoms with van der Waals surface area (Å²) in [6.45, 7) is 1.89. The van der Waals surface area contributed by atoms with E-state index in [-0.39, 0.29) is 11.8 Å². The first-order valence-electron chi connectivity index (χ1n) is 10.2. The molecule has 3 aromatic rings. The number of ether oxygens (including phenoxy) is 1. The number of hydrogen-bond donors (Lipinski definition) is 0. The van der Waals surface area contributed by atoms with Crippen molar-refractivity contribution in [2.24, 2.45) is 5.92 Å². The van der Waals surface area contributed by atoms with E-state index < -0.39 is 18.1 Å². The monoisotopic (exact) mass is 414 g/mol. The van der Waals surface area contributed by atoms with Gasteiger partial charge in [-0.1, -0.05) is 54.6 Å². The van der Waals surface area contributed by atoms with Gasteiger partial charge in [0.05, 0.1) is 24.5 Å². The third-order valence-corrected chi connectivity index (χ3v) is 5.94. The molecule has 2 aliphatic heterocycles. The summed E-state index contributed by atoms with van der Waals surface area (Å²) in [5, 5.41) is 1.68. The molecule has 3 aromatic carbocycles. The van der Waals surface area contributed by atoms with Crippen molar-refractivity contribution in [3.8, 4) is 5.75 Å². The molecular formula is C25H22N2O4. The lowest BCUT2D eigenvalue weighted by molar-refractivity contribution is -0.126. The Balaban J connectivity index is 1.63. The van der Waals surface area contributed by atoms with Gasteiger partial charge in [-0.05, 0) is 36.8 Å². The molecule has 3 atom stereocenters. The number of nitrogens with zero attached hydrogens (tertiary/aromatic N) is 2. The van der Waals surface area contributed by atoms with Crippen LogP contribution in [-0.4, -0.2) is 25.0 Å². The van der Waals surface area contributed by atoms with Gasteiger partial charge in [0, 0.05) is 5.56 Å². The molecule has 6 heteroatoms. The summed E-state index contributed by atoms with van der Waals surface area (Å²) in [6, 6.07) is 23.9. The summed E-state index contributed by atoms with van der Waals surface area (Å²) in [4.78, 5) is 34.5. The maximum Gasteiger partial charge on any atom is 0.266 e. The third-order valence-electron chi connectivity index (χ3n) is 5.94. The van der Waals surface area contributed by atoms with Gasteiger partial charge in [0.15, 0.2) is 6.10 Å². The van der Waals surface area contributed by atoms with E-state index >= 15 is 0 Å². The van der Waals surface area contributed by atoms with Crippen molar-refractivity contribution in [1.29, 1.82) is 0 Å². The fourth-order valence-electron chi connectivity index (χ4n) is 4.49. The number of rotatable bonds is 4. The molecule has 2 aliphatic rings. The number of carbonyl (C=O) groups is 2. The molecule has 0 N–H and O–H groups in total. The van der Waals surface area contributed by atoms with Gasteiger partial charge >= 0.3 is 0 Å². The second kappa shape index (κ2) is 7.56. The molecule has 0 bridgehead atoms. The summed E-state index contributed by atoms with van der Waals surface area (Å²) >= 11 is 0. The van der Waals surface area contributed by atoms with Crippen LogP contribution in [0.3, 0.4) is 0 Å². The molecule has 0 spiro atoms. The predicted octanol–water partition coefficient (Wildman–Crippen LogP) is 4.05. The average molecular weight is 414 g/mol. The Labute approximate surface area is 180 Å². The maximum atomic E-state index is 13.7. The minimum atomic E-state index is -0.901. The van der Waals surface area contributed by atoms with Crippen molar-refractivity contribution in [1.82, 2.24) is 0 Å². The second-order valence-corrected chi connectivity index (χ2v) is 7.70. The Morgan fingerprint density at radius 2 is 1.52 bits per heavy atom. The molecule has 6 nitrogen and oxygen atoms in total. The van der Waals surface area contributed by atoms with Crippen LogP contribution < -0.4 is 14.7 Å². The molecule has 0 unspecified atom stereocenters. The highest BCUT2D eigenvalue weighted by Gasteiger charge is 2.60. The van der Waals surface area contributed by atoms with Crippen LogP contribution in [0.25, 0.3) is 0 Å². The normalized spacial score (nSPS) is 22.7. The van der Waals surface area contributed by atoms with E-state index in [1.54, 1.807) is 18.2 Å². The predicted molar refractivity (Wildman–Crippen MR) is 117 cm³/mol. The minimum Gasteiger partial charge on any atom is -0.496 e. The summed E-state index contributed by atoms with van der Waals surface area (Å²) in [7, 11) is 1.60. The first kappa shape index (κ1) is 19.3. The van der Waals surface area contributed by atoms with Crippen LogP contribution in [0.4, 0.5) is 11.4 Å². The Kier molecular flexibility index (Phi) is 4.71. The zero-order valence-electron chi connectivity index (χ0n) is 17.3. The second-order valence-electron chi connectivity index (χ2n) is 7.70. The van der Waals surface area contributed by atoms with E-state index in [2.05, 4.69) is 0 Å². The van der Waals surface area contributed by atoms with E-state index in [1.165, 1.54) is 4.90 Å². The molecule has 2 saturated heterocycles. The van der Waals surface area contributed by atoms with Crippen molar-refractivity contribution >= 4 is 23.2 Å². The van der Waals surface area contributed by atoms with E-state index in [0.717, 1.165) is 16.8 Å². The largest absolute Gasteiger partial charge is 0.496 e. The Morgan fingerprint density at radius 1 is 0.839 bits per heavy atom. The summed E-state index contributed by atoms with van der Waals surface area (Å²) in [5.41, 5.74) is 3.03. The van der Waals surface area contributed by atoms with Gasteiger partial charge < -0.3 is 4.74 Å². The molecule has 0 radical (unpaired) electrons. The number of aryl methyl sites for hydroxylation is 1. The zero-order chi connectivity index (χ0) is 21.5. The topological polar surface area (TPSA) is 59.1 Å². The molecule has 2 heterocycles. The number of methoxy groups -OCH3 is 1. The van der Waals surface area contributed by atoms with Gasteiger partial charge in [-0.3, -0.25) is 14.4 Å². The number of carbonyl (C=O) groups excluding carboxylic acids is 2. The van der Waals surface area contributed by atoms with Crippen molar-refractivity contribution in [3.63, 3.8) is 0 Å². The maximum absolute atomic E-state index is 13.7. The van der Waals surface area contributed by atoms with Crippen LogP contribution >= 0.6 is 0 Å². The molecule has 0 aromatic heterocycles. The molecule has 31 heavy (non-hydrogen) atoms. The van der Waals surface area contributed by atoms with Gasteiger partial charge in [0.1, 0.15) is 11.7 Å². The van der Waals surface area contributed by atoms with Crippen molar-refractivity contribution < 1.29 is 19.2 Å². The fraction of sp³-hybridized carbons (Fsp3) is 0.200. The van der Waals surface area contributed by atoms with Gasteiger partial charge in [-0.25, -0.2) is 9.96 Å². The SMILES string of the molecule is COc1ccccc1[C@@H]1[C@H]2C(=O)N(c3ccccc3C)C(=O)[C@H]2ON1c1ccccc1. The summed E-state index contributed by atoms with van der Waals surface area (Å²) in [5.74, 6) is -0.655. The van der Waals surface area contributed by atoms with Gasteiger partial charge in [0.25, 0.3) is 5.91 Å². The smallest absolute Gasteiger partial charge is 0.266 e. The van der Waals surface area contributed by atoms with Crippen LogP contribution in [0.5, 0.6) is 5.75 Å². The summed E-state index contributed by atoms with van der Waals surface area (Å²) in [6.07, 6.45) is -0.901. The van der Waals surface area contributed by atoms with Gasteiger partial charge in [-0.15, -0.1) is 0 Å². The number of fused-ring (bicyclic) bond motifs is 1. The number of amides is 2. The standard InChI is InChI=1S/C25H22N2O4/c1-16-10-6-8-14-19(16)26-24(28)21-22(18-13-7-9-15-20(18)30-2)27(31-23(21)25(26)29)17-11-4-3-5-12-17/h3-15,21-23H,1-2H3/t21-,22-,23+/m1/s1. The van der Waals surface area contributed by atoms with Crippen LogP contribution in [0.1, 0.15) is 17.2 Å². The Bertz CT molecular complexity index is 1150. The molecule has 0 aliphatic carbocycles. The van der Waals surface area contributed by atoms with Crippen molar-refractivity contribution in [2.75, 3.05) is 17.1 Å². The third kappa shape index (κ3) is 2.99. The highest BCUT2D eigenvalue weighted by molar-refractivity contribution is 6.24. The molecule has 2 amide bonds. The first-order valence-corrected chi connectivity index (χ1v) is 10.2. The molecule has 0 saturated carbocycles. The van der Waals surface area contributed by atoms with Crippen LogP contribution in [0.2, 0.25) is 0 Å². The number of anilines is 2. The summed E-state index contributed by atoms with van der Waals surface area (Å²) < 4.78 is 5.59. The van der Waals surface area contributed by atoms with E-state index in [4.69, 9.17) is 9.57 Å². The lowest BCUT2D eigenvalue weighted by Gasteiger charge is -2.29.